The number of ether oxygens (including phenoxy) is 1. The minimum Gasteiger partial charge on any atom is -0.434 e. The van der Waals surface area contributed by atoms with E-state index in [0.717, 1.165) is 12.3 Å². The van der Waals surface area contributed by atoms with Crippen LogP contribution in [0.4, 0.5) is 8.78 Å². The lowest BCUT2D eigenvalue weighted by Gasteiger charge is -2.28. The van der Waals surface area contributed by atoms with Gasteiger partial charge in [0.25, 0.3) is 5.91 Å². The van der Waals surface area contributed by atoms with E-state index < -0.39 is 6.61 Å². The van der Waals surface area contributed by atoms with Gasteiger partial charge in [-0.05, 0) is 62.1 Å². The summed E-state index contributed by atoms with van der Waals surface area (Å²) in [6.07, 6.45) is 4.97. The fourth-order valence-electron chi connectivity index (χ4n) is 4.18. The molecule has 0 aromatic heterocycles. The number of fused-ring (bicyclic) bond motifs is 2. The summed E-state index contributed by atoms with van der Waals surface area (Å²) in [5, 5.41) is 2.98. The monoisotopic (exact) mass is 387 g/mol. The summed E-state index contributed by atoms with van der Waals surface area (Å²) >= 11 is 3.27. The summed E-state index contributed by atoms with van der Waals surface area (Å²) < 4.78 is 30.1. The highest BCUT2D eigenvalue weighted by Crippen LogP contribution is 2.49. The van der Waals surface area contributed by atoms with Gasteiger partial charge in [0.2, 0.25) is 0 Å². The maximum absolute atomic E-state index is 12.5. The molecular formula is C17H20BrF2NO2. The molecule has 2 saturated carbocycles. The predicted molar refractivity (Wildman–Crippen MR) is 86.6 cm³/mol. The van der Waals surface area contributed by atoms with Gasteiger partial charge >= 0.3 is 6.61 Å². The summed E-state index contributed by atoms with van der Waals surface area (Å²) in [6.45, 7) is -0.944. The molecule has 1 aromatic carbocycles. The number of benzene rings is 1. The molecule has 1 N–H and O–H groups in total. The summed E-state index contributed by atoms with van der Waals surface area (Å²) in [4.78, 5) is 12.5. The van der Waals surface area contributed by atoms with Crippen molar-refractivity contribution in [1.29, 1.82) is 0 Å². The lowest BCUT2D eigenvalue weighted by atomic mass is 9.84. The first-order valence-electron chi connectivity index (χ1n) is 7.99. The Bertz CT molecular complexity index is 596. The normalized spacial score (nSPS) is 27.3. The number of rotatable bonds is 5. The third-order valence-corrected chi connectivity index (χ3v) is 5.69. The summed E-state index contributed by atoms with van der Waals surface area (Å²) in [5.41, 5.74) is 0.134. The van der Waals surface area contributed by atoms with Crippen LogP contribution in [0.15, 0.2) is 22.7 Å². The van der Waals surface area contributed by atoms with Crippen molar-refractivity contribution < 1.29 is 18.3 Å². The van der Waals surface area contributed by atoms with E-state index in [-0.39, 0.29) is 23.3 Å². The third kappa shape index (κ3) is 3.67. The van der Waals surface area contributed by atoms with E-state index in [0.29, 0.717) is 16.3 Å². The van der Waals surface area contributed by atoms with E-state index >= 15 is 0 Å². The van der Waals surface area contributed by atoms with Crippen molar-refractivity contribution in [2.24, 2.45) is 17.8 Å². The SMILES string of the molecule is C[C@H](NC(=O)c1cc(Br)ccc1OC(F)F)[C@@H]1C[C@@H]2CC[C@@H]1C2. The zero-order valence-electron chi connectivity index (χ0n) is 12.9. The molecule has 2 aliphatic carbocycles. The van der Waals surface area contributed by atoms with Crippen molar-refractivity contribution in [3.05, 3.63) is 28.2 Å². The smallest absolute Gasteiger partial charge is 0.387 e. The van der Waals surface area contributed by atoms with Gasteiger partial charge in [-0.1, -0.05) is 22.4 Å². The zero-order chi connectivity index (χ0) is 16.6. The Balaban J connectivity index is 1.71. The van der Waals surface area contributed by atoms with Gasteiger partial charge in [0.1, 0.15) is 5.75 Å². The third-order valence-electron chi connectivity index (χ3n) is 5.20. The number of hydrogen-bond acceptors (Lipinski definition) is 2. The van der Waals surface area contributed by atoms with E-state index in [1.54, 1.807) is 6.07 Å². The fourth-order valence-corrected chi connectivity index (χ4v) is 4.54. The molecule has 0 spiro atoms. The molecule has 1 aromatic rings. The van der Waals surface area contributed by atoms with Gasteiger partial charge in [-0.2, -0.15) is 8.78 Å². The van der Waals surface area contributed by atoms with E-state index in [2.05, 4.69) is 26.0 Å². The van der Waals surface area contributed by atoms with Crippen LogP contribution in [0.3, 0.4) is 0 Å². The molecule has 2 bridgehead atoms. The van der Waals surface area contributed by atoms with Crippen molar-refractivity contribution in [3.63, 3.8) is 0 Å². The first-order chi connectivity index (χ1) is 10.9. The van der Waals surface area contributed by atoms with Gasteiger partial charge in [-0.25, -0.2) is 0 Å². The van der Waals surface area contributed by atoms with Crippen LogP contribution in [0.25, 0.3) is 0 Å². The van der Waals surface area contributed by atoms with Crippen LogP contribution >= 0.6 is 15.9 Å². The van der Waals surface area contributed by atoms with Crippen LogP contribution in [0.2, 0.25) is 0 Å². The molecule has 0 heterocycles. The molecule has 4 atom stereocenters. The minimum atomic E-state index is -2.95. The zero-order valence-corrected chi connectivity index (χ0v) is 14.5. The van der Waals surface area contributed by atoms with Gasteiger partial charge in [0.05, 0.1) is 5.56 Å². The Morgan fingerprint density at radius 3 is 2.74 bits per heavy atom. The van der Waals surface area contributed by atoms with Gasteiger partial charge in [-0.15, -0.1) is 0 Å². The minimum absolute atomic E-state index is 0.0381. The molecule has 3 rings (SSSR count). The maximum atomic E-state index is 12.5. The lowest BCUT2D eigenvalue weighted by Crippen LogP contribution is -2.40. The number of hydrogen-bond donors (Lipinski definition) is 1. The molecule has 0 saturated heterocycles. The average Bonchev–Trinajstić information content (AvgIpc) is 3.11. The molecule has 2 fully saturated rings. The lowest BCUT2D eigenvalue weighted by molar-refractivity contribution is -0.0501. The molecule has 126 valence electrons. The van der Waals surface area contributed by atoms with Gasteiger partial charge in [0.15, 0.2) is 0 Å². The first-order valence-corrected chi connectivity index (χ1v) is 8.78. The van der Waals surface area contributed by atoms with Crippen LogP contribution in [-0.2, 0) is 0 Å². The first kappa shape index (κ1) is 16.7. The molecule has 0 unspecified atom stereocenters. The molecule has 3 nitrogen and oxygen atoms in total. The van der Waals surface area contributed by atoms with Crippen LogP contribution in [0, 0.1) is 17.8 Å². The van der Waals surface area contributed by atoms with Gasteiger partial charge < -0.3 is 10.1 Å². The molecule has 6 heteroatoms. The second-order valence-corrected chi connectivity index (χ2v) is 7.54. The number of carbonyl (C=O) groups is 1. The Labute approximate surface area is 142 Å². The van der Waals surface area contributed by atoms with E-state index in [9.17, 15) is 13.6 Å². The number of amides is 1. The molecule has 0 aliphatic heterocycles. The van der Waals surface area contributed by atoms with Crippen LogP contribution < -0.4 is 10.1 Å². The van der Waals surface area contributed by atoms with Crippen LogP contribution in [0.1, 0.15) is 43.0 Å². The summed E-state index contributed by atoms with van der Waals surface area (Å²) in [6, 6.07) is 4.51. The van der Waals surface area contributed by atoms with E-state index in [1.807, 2.05) is 6.92 Å². The van der Waals surface area contributed by atoms with E-state index in [4.69, 9.17) is 0 Å². The van der Waals surface area contributed by atoms with Crippen molar-refractivity contribution in [1.82, 2.24) is 5.32 Å². The molecule has 23 heavy (non-hydrogen) atoms. The van der Waals surface area contributed by atoms with Gasteiger partial charge in [-0.3, -0.25) is 4.79 Å². The Morgan fingerprint density at radius 1 is 1.35 bits per heavy atom. The molecule has 2 aliphatic rings. The highest BCUT2D eigenvalue weighted by molar-refractivity contribution is 9.10. The standard InChI is InChI=1S/C17H20BrF2NO2/c1-9(13-7-10-2-3-11(13)6-10)21-16(22)14-8-12(18)4-5-15(14)23-17(19)20/h4-5,8-11,13,17H,2-3,6-7H2,1H3,(H,21,22)/t9-,10+,11+,13-/m0/s1. The molecular weight excluding hydrogens is 368 g/mol. The highest BCUT2D eigenvalue weighted by atomic mass is 79.9. The molecule has 0 radical (unpaired) electrons. The predicted octanol–water partition coefficient (Wildman–Crippen LogP) is 4.61. The second-order valence-electron chi connectivity index (χ2n) is 6.62. The van der Waals surface area contributed by atoms with Crippen molar-refractivity contribution in [2.45, 2.75) is 45.3 Å². The Hall–Kier alpha value is -1.17. The quantitative estimate of drug-likeness (QED) is 0.801. The average molecular weight is 388 g/mol. The summed E-state index contributed by atoms with van der Waals surface area (Å²) in [7, 11) is 0. The maximum Gasteiger partial charge on any atom is 0.387 e. The number of carbonyl (C=O) groups excluding carboxylic acids is 1. The molecule has 1 amide bonds. The number of nitrogens with one attached hydrogen (secondary N) is 1. The van der Waals surface area contributed by atoms with E-state index in [1.165, 1.54) is 31.4 Å². The second kappa shape index (κ2) is 6.75. The summed E-state index contributed by atoms with van der Waals surface area (Å²) in [5.74, 6) is 1.52. The van der Waals surface area contributed by atoms with Crippen molar-refractivity contribution in [3.8, 4) is 5.75 Å². The topological polar surface area (TPSA) is 38.3 Å². The van der Waals surface area contributed by atoms with Crippen LogP contribution in [0.5, 0.6) is 5.75 Å². The number of alkyl halides is 2. The largest absolute Gasteiger partial charge is 0.434 e. The van der Waals surface area contributed by atoms with Crippen LogP contribution in [-0.4, -0.2) is 18.6 Å². The Kier molecular flexibility index (Phi) is 4.90. The van der Waals surface area contributed by atoms with Crippen molar-refractivity contribution in [2.75, 3.05) is 0 Å². The highest BCUT2D eigenvalue weighted by Gasteiger charge is 2.42. The fraction of sp³-hybridized carbons (Fsp3) is 0.588. The Morgan fingerprint density at radius 2 is 2.13 bits per heavy atom. The van der Waals surface area contributed by atoms with Crippen molar-refractivity contribution >= 4 is 21.8 Å². The number of halogens is 3. The van der Waals surface area contributed by atoms with Gasteiger partial charge in [0, 0.05) is 10.5 Å².